The molecule has 0 atom stereocenters. The van der Waals surface area contributed by atoms with Crippen LogP contribution in [-0.2, 0) is 20.1 Å². The van der Waals surface area contributed by atoms with Gasteiger partial charge in [0, 0.05) is 31.2 Å². The molecule has 5 nitrogen and oxygen atoms in total. The summed E-state index contributed by atoms with van der Waals surface area (Å²) in [6.07, 6.45) is 0. The Kier molecular flexibility index (Phi) is 5.42. The van der Waals surface area contributed by atoms with Crippen molar-refractivity contribution in [3.8, 4) is 0 Å². The fraction of sp³-hybridized carbons (Fsp3) is 0.200. The highest BCUT2D eigenvalue weighted by Crippen LogP contribution is 2.19. The lowest BCUT2D eigenvalue weighted by Gasteiger charge is -2.24. The zero-order valence-electron chi connectivity index (χ0n) is 14.7. The van der Waals surface area contributed by atoms with Gasteiger partial charge in [-0.15, -0.1) is 0 Å². The monoisotopic (exact) mass is 413 g/mol. The summed E-state index contributed by atoms with van der Waals surface area (Å²) in [5, 5.41) is 0. The molecule has 1 heterocycles. The van der Waals surface area contributed by atoms with Crippen molar-refractivity contribution >= 4 is 21.7 Å². The molecule has 6 heteroatoms. The van der Waals surface area contributed by atoms with Crippen LogP contribution in [0.1, 0.15) is 11.1 Å². The third kappa shape index (κ3) is 3.80. The number of aromatic nitrogens is 2. The minimum atomic E-state index is -0.330. The van der Waals surface area contributed by atoms with Crippen molar-refractivity contribution in [2.75, 3.05) is 11.9 Å². The highest BCUT2D eigenvalue weighted by Gasteiger charge is 2.14. The first kappa shape index (κ1) is 18.2. The maximum Gasteiger partial charge on any atom is 0.332 e. The molecule has 0 radical (unpaired) electrons. The van der Waals surface area contributed by atoms with Crippen molar-refractivity contribution in [3.05, 3.63) is 97.1 Å². The first-order valence-electron chi connectivity index (χ1n) is 8.26. The molecule has 3 rings (SSSR count). The van der Waals surface area contributed by atoms with Gasteiger partial charge in [0.25, 0.3) is 5.56 Å². The van der Waals surface area contributed by atoms with Gasteiger partial charge < -0.3 is 4.90 Å². The number of hydrogen-bond acceptors (Lipinski definition) is 3. The summed E-state index contributed by atoms with van der Waals surface area (Å²) in [4.78, 5) is 26.9. The molecule has 0 bridgehead atoms. The third-order valence-corrected chi connectivity index (χ3v) is 5.09. The Hall–Kier alpha value is -2.60. The normalized spacial score (nSPS) is 10.7. The van der Waals surface area contributed by atoms with Crippen molar-refractivity contribution in [2.45, 2.75) is 13.1 Å². The Morgan fingerprint density at radius 1 is 1.00 bits per heavy atom. The van der Waals surface area contributed by atoms with E-state index in [1.165, 1.54) is 13.1 Å². The van der Waals surface area contributed by atoms with Gasteiger partial charge in [-0.1, -0.05) is 64.5 Å². The molecule has 0 amide bonds. The minimum absolute atomic E-state index is 0.312. The Bertz CT molecular complexity index is 1030. The largest absolute Gasteiger partial charge is 0.356 e. The van der Waals surface area contributed by atoms with E-state index >= 15 is 0 Å². The second kappa shape index (κ2) is 7.74. The molecule has 0 spiro atoms. The molecule has 0 aliphatic carbocycles. The van der Waals surface area contributed by atoms with E-state index in [1.807, 2.05) is 66.5 Å². The van der Waals surface area contributed by atoms with E-state index in [9.17, 15) is 9.59 Å². The van der Waals surface area contributed by atoms with E-state index < -0.39 is 0 Å². The van der Waals surface area contributed by atoms with Crippen molar-refractivity contribution in [2.24, 2.45) is 7.05 Å². The molecule has 0 unspecified atom stereocenters. The highest BCUT2D eigenvalue weighted by molar-refractivity contribution is 9.10. The van der Waals surface area contributed by atoms with Crippen LogP contribution in [0.15, 0.2) is 74.7 Å². The Morgan fingerprint density at radius 3 is 2.35 bits per heavy atom. The Balaban J connectivity index is 2.05. The summed E-state index contributed by atoms with van der Waals surface area (Å²) < 4.78 is 3.69. The standard InChI is InChI=1S/C20H20BrN3O2/c1-22(13-15-8-4-3-5-9-15)18-12-19(25)23(2)20(26)24(18)14-16-10-6-7-11-17(16)21/h3-12H,13-14H2,1-2H3. The maximum atomic E-state index is 12.8. The number of hydrogen-bond donors (Lipinski definition) is 0. The fourth-order valence-electron chi connectivity index (χ4n) is 2.86. The van der Waals surface area contributed by atoms with E-state index in [-0.39, 0.29) is 11.2 Å². The van der Waals surface area contributed by atoms with Crippen LogP contribution in [0.2, 0.25) is 0 Å². The van der Waals surface area contributed by atoms with Gasteiger partial charge in [-0.05, 0) is 17.2 Å². The number of rotatable bonds is 5. The SMILES string of the molecule is CN(Cc1ccccc1)c1cc(=O)n(C)c(=O)n1Cc1ccccc1Br. The highest BCUT2D eigenvalue weighted by atomic mass is 79.9. The first-order valence-corrected chi connectivity index (χ1v) is 9.06. The summed E-state index contributed by atoms with van der Waals surface area (Å²) in [6.45, 7) is 0.978. The molecule has 26 heavy (non-hydrogen) atoms. The summed E-state index contributed by atoms with van der Waals surface area (Å²) >= 11 is 3.53. The summed E-state index contributed by atoms with van der Waals surface area (Å²) in [5.74, 6) is 0.595. The van der Waals surface area contributed by atoms with E-state index in [0.29, 0.717) is 18.9 Å². The van der Waals surface area contributed by atoms with Crippen molar-refractivity contribution < 1.29 is 0 Å². The van der Waals surface area contributed by atoms with Crippen LogP contribution >= 0.6 is 15.9 Å². The average Bonchev–Trinajstić information content (AvgIpc) is 2.64. The van der Waals surface area contributed by atoms with Gasteiger partial charge in [-0.25, -0.2) is 4.79 Å². The molecule has 2 aromatic carbocycles. The molecule has 134 valence electrons. The van der Waals surface area contributed by atoms with E-state index in [4.69, 9.17) is 0 Å². The lowest BCUT2D eigenvalue weighted by molar-refractivity contribution is 0.632. The van der Waals surface area contributed by atoms with Crippen LogP contribution in [0.4, 0.5) is 5.82 Å². The van der Waals surface area contributed by atoms with Gasteiger partial charge in [0.05, 0.1) is 6.54 Å². The van der Waals surface area contributed by atoms with Crippen LogP contribution in [-0.4, -0.2) is 16.2 Å². The lowest BCUT2D eigenvalue weighted by Crippen LogP contribution is -2.40. The second-order valence-corrected chi connectivity index (χ2v) is 7.06. The van der Waals surface area contributed by atoms with Crippen LogP contribution in [0.5, 0.6) is 0 Å². The second-order valence-electron chi connectivity index (χ2n) is 6.20. The molecule has 0 saturated carbocycles. The van der Waals surface area contributed by atoms with Crippen LogP contribution in [0.25, 0.3) is 0 Å². The van der Waals surface area contributed by atoms with Gasteiger partial charge in [-0.2, -0.15) is 0 Å². The van der Waals surface area contributed by atoms with Gasteiger partial charge in [0.15, 0.2) is 0 Å². The molecule has 1 aromatic heterocycles. The zero-order valence-corrected chi connectivity index (χ0v) is 16.3. The van der Waals surface area contributed by atoms with E-state index in [2.05, 4.69) is 15.9 Å². The predicted octanol–water partition coefficient (Wildman–Crippen LogP) is 2.99. The van der Waals surface area contributed by atoms with Crippen molar-refractivity contribution in [3.63, 3.8) is 0 Å². The number of benzene rings is 2. The van der Waals surface area contributed by atoms with Gasteiger partial charge >= 0.3 is 5.69 Å². The topological polar surface area (TPSA) is 47.2 Å². The smallest absolute Gasteiger partial charge is 0.332 e. The average molecular weight is 414 g/mol. The zero-order chi connectivity index (χ0) is 18.7. The van der Waals surface area contributed by atoms with Crippen LogP contribution < -0.4 is 16.1 Å². The van der Waals surface area contributed by atoms with E-state index in [0.717, 1.165) is 20.2 Å². The van der Waals surface area contributed by atoms with E-state index in [1.54, 1.807) is 4.57 Å². The number of halogens is 1. The van der Waals surface area contributed by atoms with Crippen LogP contribution in [0.3, 0.4) is 0 Å². The predicted molar refractivity (Wildman–Crippen MR) is 108 cm³/mol. The Morgan fingerprint density at radius 2 is 1.65 bits per heavy atom. The van der Waals surface area contributed by atoms with Gasteiger partial charge in [-0.3, -0.25) is 13.9 Å². The number of nitrogens with zero attached hydrogens (tertiary/aromatic N) is 3. The molecule has 0 fully saturated rings. The lowest BCUT2D eigenvalue weighted by atomic mass is 10.2. The van der Waals surface area contributed by atoms with Gasteiger partial charge in [0.2, 0.25) is 0 Å². The minimum Gasteiger partial charge on any atom is -0.356 e. The number of anilines is 1. The molecule has 0 N–H and O–H groups in total. The van der Waals surface area contributed by atoms with Crippen molar-refractivity contribution in [1.82, 2.24) is 9.13 Å². The fourth-order valence-corrected chi connectivity index (χ4v) is 3.27. The molecule has 3 aromatic rings. The molecule has 0 aliphatic rings. The molecule has 0 saturated heterocycles. The quantitative estimate of drug-likeness (QED) is 0.645. The molecular formula is C20H20BrN3O2. The summed E-state index contributed by atoms with van der Waals surface area (Å²) in [6, 6.07) is 19.2. The maximum absolute atomic E-state index is 12.8. The summed E-state index contributed by atoms with van der Waals surface area (Å²) in [5.41, 5.74) is 1.44. The Labute approximate surface area is 160 Å². The molecule has 0 aliphatic heterocycles. The molecular weight excluding hydrogens is 394 g/mol. The van der Waals surface area contributed by atoms with Crippen molar-refractivity contribution in [1.29, 1.82) is 0 Å². The third-order valence-electron chi connectivity index (χ3n) is 4.32. The van der Waals surface area contributed by atoms with Crippen LogP contribution in [0, 0.1) is 0 Å². The van der Waals surface area contributed by atoms with Gasteiger partial charge in [0.1, 0.15) is 5.82 Å². The first-order chi connectivity index (χ1) is 12.5. The summed E-state index contributed by atoms with van der Waals surface area (Å²) in [7, 11) is 3.39.